The van der Waals surface area contributed by atoms with Crippen LogP contribution < -0.4 is 4.74 Å². The Bertz CT molecular complexity index is 895. The second kappa shape index (κ2) is 20.2. The molecule has 0 fully saturated rings. The normalized spacial score (nSPS) is 11.3. The molecule has 202 valence electrons. The molecule has 0 saturated carbocycles. The van der Waals surface area contributed by atoms with E-state index in [0.717, 1.165) is 50.8 Å². The molecule has 2 nitrogen and oxygen atoms in total. The summed E-state index contributed by atoms with van der Waals surface area (Å²) in [6, 6.07) is 17.5. The van der Waals surface area contributed by atoms with Gasteiger partial charge in [0.1, 0.15) is 5.75 Å². The molecule has 1 aromatic heterocycles. The molecular weight excluding hydrogens is 460 g/mol. The predicted molar refractivity (Wildman–Crippen MR) is 163 cm³/mol. The molecule has 0 saturated heterocycles. The van der Waals surface area contributed by atoms with Crippen molar-refractivity contribution in [1.29, 1.82) is 0 Å². The Morgan fingerprint density at radius 2 is 1.50 bits per heavy atom. The predicted octanol–water partition coefficient (Wildman–Crippen LogP) is 11.0. The van der Waals surface area contributed by atoms with Crippen LogP contribution in [0.2, 0.25) is 0 Å². The van der Waals surface area contributed by atoms with E-state index in [2.05, 4.69) is 97.0 Å². The molecule has 0 aliphatic carbocycles. The first-order valence-corrected chi connectivity index (χ1v) is 15.2. The Morgan fingerprint density at radius 3 is 2.08 bits per heavy atom. The maximum absolute atomic E-state index is 5.92. The van der Waals surface area contributed by atoms with Crippen LogP contribution in [0.4, 0.5) is 0 Å². The van der Waals surface area contributed by atoms with E-state index in [1.54, 1.807) is 0 Å². The summed E-state index contributed by atoms with van der Waals surface area (Å²) in [4.78, 5) is 1.33. The first kappa shape index (κ1) is 32.2. The molecule has 3 rings (SSSR count). The van der Waals surface area contributed by atoms with Crippen molar-refractivity contribution < 1.29 is 9.47 Å². The summed E-state index contributed by atoms with van der Waals surface area (Å²) in [6.07, 6.45) is 9.72. The minimum atomic E-state index is 0.733. The standard InChI is InChI=1S/C20H22OS.C8H18O.C5H12/c1-3-5-12-21-18-11-10-17(13-15(18)4-2)20-14-16-8-6-7-9-19(16)22-20;1-4-6-9-7-8(3)5-2;1-3-5-4-2/h6-11,13-14H,3-5,12H2,1-2H3;8H,4-7H2,1-3H3;3-5H2,1-2H3/t;8-;/m.1./s1. The molecule has 3 heteroatoms. The van der Waals surface area contributed by atoms with Gasteiger partial charge in [-0.2, -0.15) is 0 Å². The zero-order valence-electron chi connectivity index (χ0n) is 24.2. The summed E-state index contributed by atoms with van der Waals surface area (Å²) in [5.41, 5.74) is 2.59. The van der Waals surface area contributed by atoms with E-state index in [9.17, 15) is 0 Å². The van der Waals surface area contributed by atoms with Crippen LogP contribution in [-0.4, -0.2) is 19.8 Å². The molecule has 36 heavy (non-hydrogen) atoms. The molecule has 0 aliphatic rings. The molecule has 0 amide bonds. The molecule has 3 aromatic rings. The van der Waals surface area contributed by atoms with Gasteiger partial charge in [0.15, 0.2) is 0 Å². The van der Waals surface area contributed by atoms with Crippen LogP contribution in [0.3, 0.4) is 0 Å². The molecule has 0 bridgehead atoms. The van der Waals surface area contributed by atoms with Crippen molar-refractivity contribution in [3.63, 3.8) is 0 Å². The van der Waals surface area contributed by atoms with Crippen LogP contribution in [0.25, 0.3) is 20.5 Å². The summed E-state index contributed by atoms with van der Waals surface area (Å²) in [5.74, 6) is 1.78. The van der Waals surface area contributed by atoms with Crippen molar-refractivity contribution in [1.82, 2.24) is 0 Å². The third kappa shape index (κ3) is 12.4. The smallest absolute Gasteiger partial charge is 0.122 e. The molecule has 0 unspecified atom stereocenters. The minimum absolute atomic E-state index is 0.733. The van der Waals surface area contributed by atoms with E-state index >= 15 is 0 Å². The highest BCUT2D eigenvalue weighted by Crippen LogP contribution is 2.35. The van der Waals surface area contributed by atoms with Gasteiger partial charge in [-0.05, 0) is 72.0 Å². The van der Waals surface area contributed by atoms with Crippen LogP contribution in [0.15, 0.2) is 48.5 Å². The highest BCUT2D eigenvalue weighted by Gasteiger charge is 2.08. The fourth-order valence-electron chi connectivity index (χ4n) is 3.50. The highest BCUT2D eigenvalue weighted by atomic mass is 32.1. The SMILES string of the molecule is CCCCC.CCCCOc1ccc(-c2cc3ccccc3s2)cc1CC.CCCOC[C@H](C)CC. The van der Waals surface area contributed by atoms with Crippen molar-refractivity contribution in [3.8, 4) is 16.2 Å². The van der Waals surface area contributed by atoms with Crippen LogP contribution in [-0.2, 0) is 11.2 Å². The number of rotatable bonds is 13. The summed E-state index contributed by atoms with van der Waals surface area (Å²) in [7, 11) is 0. The van der Waals surface area contributed by atoms with Crippen LogP contribution in [0.5, 0.6) is 5.75 Å². The molecule has 0 N–H and O–H groups in total. The van der Waals surface area contributed by atoms with E-state index in [4.69, 9.17) is 9.47 Å². The van der Waals surface area contributed by atoms with Gasteiger partial charge in [-0.15, -0.1) is 11.3 Å². The van der Waals surface area contributed by atoms with Crippen molar-refractivity contribution in [2.75, 3.05) is 19.8 Å². The summed E-state index contributed by atoms with van der Waals surface area (Å²) in [5, 5.41) is 1.32. The van der Waals surface area contributed by atoms with Crippen LogP contribution in [0, 0.1) is 5.92 Å². The fraction of sp³-hybridized carbons (Fsp3) is 0.576. The van der Waals surface area contributed by atoms with E-state index in [0.29, 0.717) is 0 Å². The van der Waals surface area contributed by atoms with Gasteiger partial charge in [0.2, 0.25) is 0 Å². The number of aryl methyl sites for hydroxylation is 1. The first-order chi connectivity index (χ1) is 17.5. The average Bonchev–Trinajstić information content (AvgIpc) is 3.34. The van der Waals surface area contributed by atoms with Crippen molar-refractivity contribution in [3.05, 3.63) is 54.1 Å². The number of ether oxygens (including phenoxy) is 2. The van der Waals surface area contributed by atoms with Gasteiger partial charge in [0.25, 0.3) is 0 Å². The molecule has 1 atom stereocenters. The summed E-state index contributed by atoms with van der Waals surface area (Å²) < 4.78 is 12.6. The quantitative estimate of drug-likeness (QED) is 0.212. The largest absolute Gasteiger partial charge is 0.493 e. The lowest BCUT2D eigenvalue weighted by Gasteiger charge is -2.11. The number of benzene rings is 2. The van der Waals surface area contributed by atoms with Gasteiger partial charge in [0, 0.05) is 22.8 Å². The number of unbranched alkanes of at least 4 members (excludes halogenated alkanes) is 3. The third-order valence-corrected chi connectivity index (χ3v) is 7.23. The molecule has 0 spiro atoms. The minimum Gasteiger partial charge on any atom is -0.493 e. The van der Waals surface area contributed by atoms with Gasteiger partial charge in [-0.1, -0.05) is 98.8 Å². The molecule has 0 radical (unpaired) electrons. The van der Waals surface area contributed by atoms with Gasteiger partial charge >= 0.3 is 0 Å². The van der Waals surface area contributed by atoms with Gasteiger partial charge < -0.3 is 9.47 Å². The molecular formula is C33H52O2S. The summed E-state index contributed by atoms with van der Waals surface area (Å²) >= 11 is 1.86. The van der Waals surface area contributed by atoms with E-state index in [-0.39, 0.29) is 0 Å². The van der Waals surface area contributed by atoms with Crippen molar-refractivity contribution in [2.45, 2.75) is 99.8 Å². The molecule has 1 heterocycles. The lowest BCUT2D eigenvalue weighted by atomic mass is 10.1. The maximum atomic E-state index is 5.92. The lowest BCUT2D eigenvalue weighted by Crippen LogP contribution is -2.04. The van der Waals surface area contributed by atoms with Crippen molar-refractivity contribution in [2.24, 2.45) is 5.92 Å². The zero-order valence-corrected chi connectivity index (χ0v) is 25.0. The highest BCUT2D eigenvalue weighted by molar-refractivity contribution is 7.22. The zero-order chi connectivity index (χ0) is 26.6. The Labute approximate surface area is 226 Å². The third-order valence-electron chi connectivity index (χ3n) is 6.06. The van der Waals surface area contributed by atoms with Gasteiger partial charge in [0.05, 0.1) is 6.61 Å². The topological polar surface area (TPSA) is 18.5 Å². The number of thiophene rings is 1. The maximum Gasteiger partial charge on any atom is 0.122 e. The summed E-state index contributed by atoms with van der Waals surface area (Å²) in [6.45, 7) is 18.0. The van der Waals surface area contributed by atoms with Crippen LogP contribution in [0.1, 0.15) is 99.0 Å². The Hall–Kier alpha value is -1.84. The monoisotopic (exact) mass is 512 g/mol. The number of hydrogen-bond acceptors (Lipinski definition) is 3. The number of hydrogen-bond donors (Lipinski definition) is 0. The van der Waals surface area contributed by atoms with Crippen LogP contribution >= 0.6 is 11.3 Å². The fourth-order valence-corrected chi connectivity index (χ4v) is 4.56. The Morgan fingerprint density at radius 1 is 0.778 bits per heavy atom. The van der Waals surface area contributed by atoms with E-state index < -0.39 is 0 Å². The molecule has 0 aliphatic heterocycles. The Kier molecular flexibility index (Phi) is 18.1. The first-order valence-electron chi connectivity index (χ1n) is 14.4. The lowest BCUT2D eigenvalue weighted by molar-refractivity contribution is 0.104. The number of fused-ring (bicyclic) bond motifs is 1. The molecule has 2 aromatic carbocycles. The second-order valence-corrected chi connectivity index (χ2v) is 10.6. The van der Waals surface area contributed by atoms with E-state index in [1.807, 2.05) is 11.3 Å². The van der Waals surface area contributed by atoms with E-state index in [1.165, 1.54) is 58.2 Å². The van der Waals surface area contributed by atoms with Gasteiger partial charge in [-0.3, -0.25) is 0 Å². The van der Waals surface area contributed by atoms with Gasteiger partial charge in [-0.25, -0.2) is 0 Å². The average molecular weight is 513 g/mol. The second-order valence-electron chi connectivity index (χ2n) is 9.47. The van der Waals surface area contributed by atoms with Crippen molar-refractivity contribution >= 4 is 21.4 Å². The Balaban J connectivity index is 0.000000385.